The Labute approximate surface area is 177 Å². The van der Waals surface area contributed by atoms with Gasteiger partial charge in [-0.15, -0.1) is 0 Å². The highest BCUT2D eigenvalue weighted by molar-refractivity contribution is 7.89. The third-order valence-corrected chi connectivity index (χ3v) is 7.61. The first kappa shape index (κ1) is 20.6. The molecule has 0 spiro atoms. The highest BCUT2D eigenvalue weighted by Gasteiger charge is 2.42. The maximum Gasteiger partial charge on any atom is 0.334 e. The van der Waals surface area contributed by atoms with Crippen molar-refractivity contribution in [2.75, 3.05) is 13.2 Å². The monoisotopic (exact) mass is 423 g/mol. The van der Waals surface area contributed by atoms with E-state index in [1.165, 1.54) is 4.31 Å². The summed E-state index contributed by atoms with van der Waals surface area (Å²) in [6.45, 7) is 4.38. The van der Waals surface area contributed by atoms with Crippen LogP contribution in [0.4, 0.5) is 0 Å². The highest BCUT2D eigenvalue weighted by atomic mass is 32.2. The van der Waals surface area contributed by atoms with Crippen molar-refractivity contribution in [2.45, 2.75) is 37.6 Å². The Bertz CT molecular complexity index is 1120. The molecule has 0 N–H and O–H groups in total. The number of fused-ring (bicyclic) bond motifs is 1. The first-order valence-electron chi connectivity index (χ1n) is 10.2. The van der Waals surface area contributed by atoms with Crippen molar-refractivity contribution in [2.24, 2.45) is 0 Å². The molecule has 0 aromatic heterocycles. The van der Waals surface area contributed by atoms with Gasteiger partial charge in [-0.2, -0.15) is 4.31 Å². The minimum absolute atomic E-state index is 0.275. The lowest BCUT2D eigenvalue weighted by Crippen LogP contribution is -2.38. The van der Waals surface area contributed by atoms with Crippen LogP contribution in [0, 0.1) is 6.92 Å². The summed E-state index contributed by atoms with van der Waals surface area (Å²) in [4.78, 5) is 13.0. The van der Waals surface area contributed by atoms with Crippen molar-refractivity contribution >= 4 is 21.6 Å². The maximum absolute atomic E-state index is 13.3. The summed E-state index contributed by atoms with van der Waals surface area (Å²) in [5, 5.41) is 0. The fraction of sp³-hybridized carbons (Fsp3) is 0.292. The molecule has 1 aliphatic heterocycles. The first-order chi connectivity index (χ1) is 14.4. The van der Waals surface area contributed by atoms with Crippen LogP contribution >= 0.6 is 0 Å². The van der Waals surface area contributed by atoms with E-state index >= 15 is 0 Å². The average molecular weight is 424 g/mol. The molecule has 2 aromatic carbocycles. The van der Waals surface area contributed by atoms with Crippen molar-refractivity contribution < 1.29 is 17.9 Å². The van der Waals surface area contributed by atoms with E-state index in [4.69, 9.17) is 4.74 Å². The van der Waals surface area contributed by atoms with Crippen LogP contribution < -0.4 is 0 Å². The summed E-state index contributed by atoms with van der Waals surface area (Å²) in [6, 6.07) is 16.2. The number of nitrogens with zero attached hydrogens (tertiary/aromatic N) is 1. The fourth-order valence-corrected chi connectivity index (χ4v) is 5.77. The lowest BCUT2D eigenvalue weighted by Gasteiger charge is -2.29. The number of carbonyl (C=O) groups excluding carboxylic acids is 1. The van der Waals surface area contributed by atoms with Gasteiger partial charge in [0.1, 0.15) is 0 Å². The van der Waals surface area contributed by atoms with Crippen LogP contribution in [0.3, 0.4) is 0 Å². The normalized spacial score (nSPS) is 19.4. The fourth-order valence-electron chi connectivity index (χ4n) is 4.14. The number of aryl methyl sites for hydroxylation is 1. The predicted molar refractivity (Wildman–Crippen MR) is 116 cm³/mol. The molecule has 1 heterocycles. The lowest BCUT2D eigenvalue weighted by atomic mass is 9.86. The molecule has 4 rings (SSSR count). The Hall–Kier alpha value is -2.70. The number of hydrogen-bond acceptors (Lipinski definition) is 4. The minimum atomic E-state index is -3.65. The summed E-state index contributed by atoms with van der Waals surface area (Å²) in [6.07, 6.45) is 2.96. The van der Waals surface area contributed by atoms with E-state index < -0.39 is 10.0 Å². The number of rotatable bonds is 5. The molecule has 0 unspecified atom stereocenters. The number of allylic oxidation sites excluding steroid dienone is 2. The van der Waals surface area contributed by atoms with Gasteiger partial charge in [-0.3, -0.25) is 0 Å². The molecule has 2 aromatic rings. The summed E-state index contributed by atoms with van der Waals surface area (Å²) >= 11 is 0. The molecule has 0 saturated carbocycles. The second kappa shape index (κ2) is 8.20. The molecule has 1 aliphatic carbocycles. The zero-order valence-corrected chi connectivity index (χ0v) is 18.0. The Morgan fingerprint density at radius 3 is 2.47 bits per heavy atom. The quantitative estimate of drug-likeness (QED) is 0.679. The first-order valence-corrected chi connectivity index (χ1v) is 11.6. The van der Waals surface area contributed by atoms with Gasteiger partial charge >= 0.3 is 5.97 Å². The predicted octanol–water partition coefficient (Wildman–Crippen LogP) is 4.11. The van der Waals surface area contributed by atoms with E-state index in [0.717, 1.165) is 22.3 Å². The van der Waals surface area contributed by atoms with E-state index in [0.29, 0.717) is 25.0 Å². The third-order valence-electron chi connectivity index (χ3n) is 5.68. The van der Waals surface area contributed by atoms with E-state index in [1.807, 2.05) is 43.3 Å². The number of carbonyl (C=O) groups is 1. The van der Waals surface area contributed by atoms with Gasteiger partial charge in [0.2, 0.25) is 10.0 Å². The Kier molecular flexibility index (Phi) is 5.62. The molecule has 1 atom stereocenters. The molecule has 0 amide bonds. The van der Waals surface area contributed by atoms with Crippen molar-refractivity contribution in [3.05, 3.63) is 82.9 Å². The van der Waals surface area contributed by atoms with Gasteiger partial charge in [-0.1, -0.05) is 54.1 Å². The topological polar surface area (TPSA) is 63.7 Å². The van der Waals surface area contributed by atoms with E-state index in [1.54, 1.807) is 31.2 Å². The van der Waals surface area contributed by atoms with Gasteiger partial charge < -0.3 is 4.74 Å². The molecule has 6 heteroatoms. The number of esters is 1. The molecule has 5 nitrogen and oxygen atoms in total. The van der Waals surface area contributed by atoms with Crippen LogP contribution in [0.5, 0.6) is 0 Å². The molecule has 1 fully saturated rings. The minimum Gasteiger partial charge on any atom is -0.463 e. The Balaban J connectivity index is 1.73. The van der Waals surface area contributed by atoms with Gasteiger partial charge in [-0.25, -0.2) is 13.2 Å². The maximum atomic E-state index is 13.3. The molecule has 1 saturated heterocycles. The Morgan fingerprint density at radius 2 is 1.80 bits per heavy atom. The summed E-state index contributed by atoms with van der Waals surface area (Å²) in [7, 11) is -3.65. The summed E-state index contributed by atoms with van der Waals surface area (Å²) < 4.78 is 33.5. The molecule has 0 radical (unpaired) electrons. The van der Waals surface area contributed by atoms with Gasteiger partial charge in [0.05, 0.1) is 17.5 Å². The van der Waals surface area contributed by atoms with Crippen molar-refractivity contribution in [1.29, 1.82) is 0 Å². The molecule has 0 bridgehead atoms. The van der Waals surface area contributed by atoms with Gasteiger partial charge in [-0.05, 0) is 49.1 Å². The zero-order chi connectivity index (χ0) is 21.3. The van der Waals surface area contributed by atoms with Crippen LogP contribution in [-0.2, 0) is 19.6 Å². The largest absolute Gasteiger partial charge is 0.463 e. The Morgan fingerprint density at radius 1 is 1.10 bits per heavy atom. The van der Waals surface area contributed by atoms with E-state index in [2.05, 4.69) is 0 Å². The lowest BCUT2D eigenvalue weighted by molar-refractivity contribution is -0.138. The van der Waals surface area contributed by atoms with Crippen molar-refractivity contribution in [1.82, 2.24) is 4.31 Å². The number of ether oxygens (including phenoxy) is 1. The molecular weight excluding hydrogens is 398 g/mol. The van der Waals surface area contributed by atoms with Crippen LogP contribution in [0.2, 0.25) is 0 Å². The van der Waals surface area contributed by atoms with Crippen molar-refractivity contribution in [3.63, 3.8) is 0 Å². The van der Waals surface area contributed by atoms with E-state index in [9.17, 15) is 13.2 Å². The summed E-state index contributed by atoms with van der Waals surface area (Å²) in [5.41, 5.74) is 4.34. The molecule has 2 aliphatic rings. The SMILES string of the molecule is CCOC(=O)C1=C(c2ccccc2)C=C2CCN(S(=O)(=O)c3ccc(C)cc3)[C@H]2C1. The van der Waals surface area contributed by atoms with Gasteiger partial charge in [0.15, 0.2) is 0 Å². The molecule has 30 heavy (non-hydrogen) atoms. The van der Waals surface area contributed by atoms with Crippen LogP contribution in [-0.4, -0.2) is 37.9 Å². The van der Waals surface area contributed by atoms with Crippen LogP contribution in [0.15, 0.2) is 76.7 Å². The smallest absolute Gasteiger partial charge is 0.334 e. The third kappa shape index (κ3) is 3.73. The highest BCUT2D eigenvalue weighted by Crippen LogP contribution is 2.41. The summed E-state index contributed by atoms with van der Waals surface area (Å²) in [5.74, 6) is -0.383. The van der Waals surface area contributed by atoms with Crippen LogP contribution in [0.1, 0.15) is 30.9 Å². The van der Waals surface area contributed by atoms with Crippen molar-refractivity contribution in [3.8, 4) is 0 Å². The van der Waals surface area contributed by atoms with Crippen LogP contribution in [0.25, 0.3) is 5.57 Å². The second-order valence-corrected chi connectivity index (χ2v) is 9.49. The number of sulfonamides is 1. The number of hydrogen-bond donors (Lipinski definition) is 0. The molecular formula is C24H25NO4S. The van der Waals surface area contributed by atoms with E-state index in [-0.39, 0.29) is 23.5 Å². The standard InChI is InChI=1S/C24H25NO4S/c1-3-29-24(26)22-16-23-19(15-21(22)18-7-5-4-6-8-18)13-14-25(23)30(27,28)20-11-9-17(2)10-12-20/h4-12,15,23H,3,13-14,16H2,1-2H3/t23-/m0/s1. The second-order valence-electron chi connectivity index (χ2n) is 7.60. The van der Waals surface area contributed by atoms with Gasteiger partial charge in [0.25, 0.3) is 0 Å². The van der Waals surface area contributed by atoms with Gasteiger partial charge in [0, 0.05) is 18.5 Å². The number of benzene rings is 2. The zero-order valence-electron chi connectivity index (χ0n) is 17.2. The molecule has 156 valence electrons. The average Bonchev–Trinajstić information content (AvgIpc) is 3.18.